The third-order valence-electron chi connectivity index (χ3n) is 1.57. The predicted octanol–water partition coefficient (Wildman–Crippen LogP) is -0.441. The maximum Gasteiger partial charge on any atom is 0.0946 e. The molecule has 0 bridgehead atoms. The van der Waals surface area contributed by atoms with Gasteiger partial charge < -0.3 is 16.0 Å². The molecule has 0 fully saturated rings. The fraction of sp³-hybridized carbons (Fsp3) is 0.571. The van der Waals surface area contributed by atoms with Gasteiger partial charge in [-0.2, -0.15) is 0 Å². The summed E-state index contributed by atoms with van der Waals surface area (Å²) in [6.07, 6.45) is 5.34. The number of hydrogen-bond acceptors (Lipinski definition) is 3. The average Bonchev–Trinajstić information content (AvgIpc) is 2.39. The minimum atomic E-state index is -0.333. The maximum atomic E-state index is 5.83. The smallest absolute Gasteiger partial charge is 0.0946 e. The Balaban J connectivity index is 2.56. The van der Waals surface area contributed by atoms with E-state index in [1.54, 1.807) is 12.5 Å². The maximum absolute atomic E-state index is 5.83. The van der Waals surface area contributed by atoms with Gasteiger partial charge in [0.05, 0.1) is 6.33 Å². The Morgan fingerprint density at radius 2 is 2.36 bits per heavy atom. The van der Waals surface area contributed by atoms with Gasteiger partial charge in [0, 0.05) is 31.0 Å². The molecule has 0 aliphatic carbocycles. The average molecular weight is 154 g/mol. The highest BCUT2D eigenvalue weighted by molar-refractivity contribution is 4.84. The lowest BCUT2D eigenvalue weighted by Gasteiger charge is -2.22. The van der Waals surface area contributed by atoms with Crippen LogP contribution in [0.4, 0.5) is 0 Å². The zero-order chi connectivity index (χ0) is 8.32. The van der Waals surface area contributed by atoms with Crippen LogP contribution in [0.2, 0.25) is 0 Å². The molecule has 0 saturated carbocycles. The molecule has 0 aliphatic rings. The molecule has 0 aromatic carbocycles. The summed E-state index contributed by atoms with van der Waals surface area (Å²) < 4.78 is 1.92. The van der Waals surface area contributed by atoms with Crippen LogP contribution in [0, 0.1) is 0 Å². The van der Waals surface area contributed by atoms with Crippen molar-refractivity contribution in [2.45, 2.75) is 19.0 Å². The number of hydrogen-bond donors (Lipinski definition) is 2. The zero-order valence-electron chi connectivity index (χ0n) is 6.70. The lowest BCUT2D eigenvalue weighted by Crippen LogP contribution is -2.47. The van der Waals surface area contributed by atoms with Gasteiger partial charge in [-0.25, -0.2) is 4.98 Å². The van der Waals surface area contributed by atoms with Crippen molar-refractivity contribution in [3.05, 3.63) is 18.7 Å². The van der Waals surface area contributed by atoms with Crippen LogP contribution >= 0.6 is 0 Å². The van der Waals surface area contributed by atoms with Gasteiger partial charge in [-0.15, -0.1) is 0 Å². The summed E-state index contributed by atoms with van der Waals surface area (Å²) in [5, 5.41) is 0. The summed E-state index contributed by atoms with van der Waals surface area (Å²) in [7, 11) is 0. The van der Waals surface area contributed by atoms with Crippen LogP contribution in [0.1, 0.15) is 6.92 Å². The summed E-state index contributed by atoms with van der Waals surface area (Å²) in [5.74, 6) is 0. The van der Waals surface area contributed by atoms with Crippen LogP contribution in [0.5, 0.6) is 0 Å². The molecular weight excluding hydrogens is 140 g/mol. The van der Waals surface area contributed by atoms with E-state index in [2.05, 4.69) is 4.98 Å². The molecule has 1 rings (SSSR count). The van der Waals surface area contributed by atoms with Gasteiger partial charge in [0.15, 0.2) is 0 Å². The molecule has 4 nitrogen and oxygen atoms in total. The van der Waals surface area contributed by atoms with Crippen LogP contribution < -0.4 is 11.5 Å². The normalized spacial score (nSPS) is 16.3. The Morgan fingerprint density at radius 1 is 1.64 bits per heavy atom. The fourth-order valence-electron chi connectivity index (χ4n) is 0.862. The molecule has 0 aliphatic heterocycles. The van der Waals surface area contributed by atoms with Crippen LogP contribution in [0.3, 0.4) is 0 Å². The minimum absolute atomic E-state index is 0.333. The van der Waals surface area contributed by atoms with E-state index in [-0.39, 0.29) is 5.54 Å². The fourth-order valence-corrected chi connectivity index (χ4v) is 0.862. The highest BCUT2D eigenvalue weighted by Crippen LogP contribution is 2.00. The van der Waals surface area contributed by atoms with Crippen molar-refractivity contribution in [2.75, 3.05) is 6.54 Å². The molecule has 0 radical (unpaired) electrons. The monoisotopic (exact) mass is 154 g/mol. The van der Waals surface area contributed by atoms with Crippen molar-refractivity contribution in [3.63, 3.8) is 0 Å². The molecule has 1 aromatic heterocycles. The highest BCUT2D eigenvalue weighted by atomic mass is 15.1. The third-order valence-corrected chi connectivity index (χ3v) is 1.57. The van der Waals surface area contributed by atoms with E-state index in [4.69, 9.17) is 11.5 Å². The number of aromatic nitrogens is 2. The molecule has 0 amide bonds. The van der Waals surface area contributed by atoms with Crippen molar-refractivity contribution in [2.24, 2.45) is 11.5 Å². The summed E-state index contributed by atoms with van der Waals surface area (Å²) >= 11 is 0. The van der Waals surface area contributed by atoms with E-state index < -0.39 is 0 Å². The lowest BCUT2D eigenvalue weighted by molar-refractivity contribution is 0.406. The number of nitrogens with two attached hydrogens (primary N) is 2. The molecule has 0 saturated heterocycles. The second-order valence-corrected chi connectivity index (χ2v) is 3.09. The van der Waals surface area contributed by atoms with Gasteiger partial charge in [-0.3, -0.25) is 0 Å². The van der Waals surface area contributed by atoms with Gasteiger partial charge >= 0.3 is 0 Å². The largest absolute Gasteiger partial charge is 0.336 e. The summed E-state index contributed by atoms with van der Waals surface area (Å²) in [4.78, 5) is 3.91. The first-order chi connectivity index (χ1) is 5.14. The molecule has 1 heterocycles. The van der Waals surface area contributed by atoms with E-state index in [9.17, 15) is 0 Å². The second kappa shape index (κ2) is 3.02. The Labute approximate surface area is 66.2 Å². The van der Waals surface area contributed by atoms with E-state index in [0.717, 1.165) is 0 Å². The lowest BCUT2D eigenvalue weighted by atomic mass is 10.1. The van der Waals surface area contributed by atoms with E-state index in [1.807, 2.05) is 17.7 Å². The minimum Gasteiger partial charge on any atom is -0.336 e. The van der Waals surface area contributed by atoms with Gasteiger partial charge in [0.2, 0.25) is 0 Å². The van der Waals surface area contributed by atoms with Crippen LogP contribution in [-0.2, 0) is 6.54 Å². The quantitative estimate of drug-likeness (QED) is 0.620. The Morgan fingerprint density at radius 3 is 2.82 bits per heavy atom. The summed E-state index contributed by atoms with van der Waals surface area (Å²) in [6, 6.07) is 0. The molecule has 1 aromatic rings. The summed E-state index contributed by atoms with van der Waals surface area (Å²) in [5.41, 5.74) is 11.0. The highest BCUT2D eigenvalue weighted by Gasteiger charge is 2.15. The van der Waals surface area contributed by atoms with Crippen LogP contribution in [0.25, 0.3) is 0 Å². The SMILES string of the molecule is CC(N)(CN)Cn1ccnc1. The van der Waals surface area contributed by atoms with Crippen molar-refractivity contribution >= 4 is 0 Å². The predicted molar refractivity (Wildman–Crippen MR) is 43.9 cm³/mol. The number of rotatable bonds is 3. The second-order valence-electron chi connectivity index (χ2n) is 3.09. The zero-order valence-corrected chi connectivity index (χ0v) is 6.70. The molecular formula is C7H14N4. The standard InChI is InChI=1S/C7H14N4/c1-7(9,4-8)5-11-3-2-10-6-11/h2-3,6H,4-5,8-9H2,1H3. The molecule has 1 unspecified atom stereocenters. The first-order valence-corrected chi connectivity index (χ1v) is 3.59. The first kappa shape index (κ1) is 8.23. The third kappa shape index (κ3) is 2.32. The van der Waals surface area contributed by atoms with E-state index in [0.29, 0.717) is 13.1 Å². The molecule has 1 atom stereocenters. The molecule has 62 valence electrons. The molecule has 4 N–H and O–H groups in total. The van der Waals surface area contributed by atoms with Crippen LogP contribution in [0.15, 0.2) is 18.7 Å². The first-order valence-electron chi connectivity index (χ1n) is 3.59. The topological polar surface area (TPSA) is 69.9 Å². The van der Waals surface area contributed by atoms with Crippen LogP contribution in [-0.4, -0.2) is 21.6 Å². The van der Waals surface area contributed by atoms with Crippen molar-refractivity contribution in [1.29, 1.82) is 0 Å². The summed E-state index contributed by atoms with van der Waals surface area (Å²) in [6.45, 7) is 3.11. The number of nitrogens with zero attached hydrogens (tertiary/aromatic N) is 2. The van der Waals surface area contributed by atoms with Crippen molar-refractivity contribution in [1.82, 2.24) is 9.55 Å². The Hall–Kier alpha value is -0.870. The molecule has 4 heteroatoms. The molecule has 0 spiro atoms. The molecule has 11 heavy (non-hydrogen) atoms. The van der Waals surface area contributed by atoms with Gasteiger partial charge in [-0.05, 0) is 6.92 Å². The van der Waals surface area contributed by atoms with Crippen molar-refractivity contribution in [3.8, 4) is 0 Å². The van der Waals surface area contributed by atoms with E-state index in [1.165, 1.54) is 0 Å². The number of imidazole rings is 1. The van der Waals surface area contributed by atoms with Crippen molar-refractivity contribution < 1.29 is 0 Å². The Bertz CT molecular complexity index is 202. The Kier molecular flexibility index (Phi) is 2.26. The van der Waals surface area contributed by atoms with E-state index >= 15 is 0 Å². The van der Waals surface area contributed by atoms with Gasteiger partial charge in [-0.1, -0.05) is 0 Å². The van der Waals surface area contributed by atoms with Gasteiger partial charge in [0.25, 0.3) is 0 Å². The van der Waals surface area contributed by atoms with Gasteiger partial charge in [0.1, 0.15) is 0 Å².